The Morgan fingerprint density at radius 2 is 1.90 bits per heavy atom. The number of carboxylic acids is 1. The summed E-state index contributed by atoms with van der Waals surface area (Å²) in [5, 5.41) is 15.7. The number of carboxylic acid groups (broad SMARTS) is 1. The molecule has 0 bridgehead atoms. The Morgan fingerprint density at radius 1 is 1.19 bits per heavy atom. The van der Waals surface area contributed by atoms with Gasteiger partial charge < -0.3 is 26.0 Å². The van der Waals surface area contributed by atoms with Crippen LogP contribution < -0.4 is 16.0 Å². The number of rotatable bonds is 11. The first kappa shape index (κ1) is 24.9. The van der Waals surface area contributed by atoms with Gasteiger partial charge in [-0.15, -0.1) is 0 Å². The van der Waals surface area contributed by atoms with Crippen LogP contribution in [0.2, 0.25) is 0 Å². The van der Waals surface area contributed by atoms with Gasteiger partial charge in [-0.05, 0) is 45.1 Å². The number of hydrogen-bond acceptors (Lipinski definition) is 7. The van der Waals surface area contributed by atoms with Crippen LogP contribution in [0.1, 0.15) is 33.1 Å². The molecule has 4 N–H and O–H groups in total. The van der Waals surface area contributed by atoms with Crippen molar-refractivity contribution in [2.45, 2.75) is 57.4 Å². The lowest BCUT2D eigenvalue weighted by Gasteiger charge is -2.33. The molecule has 2 saturated heterocycles. The van der Waals surface area contributed by atoms with Gasteiger partial charge in [0.25, 0.3) is 0 Å². The summed E-state index contributed by atoms with van der Waals surface area (Å²) in [4.78, 5) is 64.0. The van der Waals surface area contributed by atoms with Gasteiger partial charge in [-0.25, -0.2) is 0 Å². The third-order valence-electron chi connectivity index (χ3n) is 5.56. The molecular weight excluding hydrogens is 426 g/mol. The van der Waals surface area contributed by atoms with Crippen LogP contribution in [0.5, 0.6) is 0 Å². The van der Waals surface area contributed by atoms with E-state index in [9.17, 15) is 24.0 Å². The molecular formula is C19H31N5O6S. The Morgan fingerprint density at radius 3 is 2.52 bits per heavy atom. The van der Waals surface area contributed by atoms with Gasteiger partial charge in [-0.3, -0.25) is 28.9 Å². The van der Waals surface area contributed by atoms with Crippen molar-refractivity contribution in [2.75, 3.05) is 31.6 Å². The van der Waals surface area contributed by atoms with E-state index in [0.717, 1.165) is 19.4 Å². The molecule has 2 heterocycles. The maximum Gasteiger partial charge on any atom is 0.322 e. The highest BCUT2D eigenvalue weighted by Gasteiger charge is 2.49. The van der Waals surface area contributed by atoms with Crippen LogP contribution in [0.3, 0.4) is 0 Å². The van der Waals surface area contributed by atoms with Crippen molar-refractivity contribution in [3.8, 4) is 0 Å². The maximum absolute atomic E-state index is 13.0. The number of carbonyl (C=O) groups is 5. The van der Waals surface area contributed by atoms with Crippen LogP contribution in [0.25, 0.3) is 0 Å². The molecule has 11 nitrogen and oxygen atoms in total. The van der Waals surface area contributed by atoms with E-state index in [0.29, 0.717) is 12.2 Å². The van der Waals surface area contributed by atoms with E-state index in [1.807, 2.05) is 13.2 Å². The second-order valence-corrected chi connectivity index (χ2v) is 8.67. The molecule has 4 amide bonds. The summed E-state index contributed by atoms with van der Waals surface area (Å²) in [5.41, 5.74) is 0. The van der Waals surface area contributed by atoms with Gasteiger partial charge in [0, 0.05) is 6.54 Å². The van der Waals surface area contributed by atoms with E-state index in [-0.39, 0.29) is 18.1 Å². The zero-order valence-electron chi connectivity index (χ0n) is 18.1. The lowest BCUT2D eigenvalue weighted by Crippen LogP contribution is -2.56. The molecule has 0 aromatic heterocycles. The average Bonchev–Trinajstić information content (AvgIpc) is 3.29. The first-order valence-electron chi connectivity index (χ1n) is 10.3. The Labute approximate surface area is 185 Å². The predicted octanol–water partition coefficient (Wildman–Crippen LogP) is -1.42. The zero-order valence-corrected chi connectivity index (χ0v) is 18.9. The van der Waals surface area contributed by atoms with E-state index < -0.39 is 48.9 Å². The van der Waals surface area contributed by atoms with Crippen LogP contribution in [0.15, 0.2) is 0 Å². The van der Waals surface area contributed by atoms with E-state index in [4.69, 9.17) is 5.11 Å². The van der Waals surface area contributed by atoms with Crippen LogP contribution in [-0.2, 0) is 24.0 Å². The van der Waals surface area contributed by atoms with E-state index in [1.54, 1.807) is 16.7 Å². The summed E-state index contributed by atoms with van der Waals surface area (Å²) in [6.45, 7) is 3.29. The Hall–Kier alpha value is -2.34. The average molecular weight is 458 g/mol. The van der Waals surface area contributed by atoms with Gasteiger partial charge in [0.2, 0.25) is 23.6 Å². The second-order valence-electron chi connectivity index (χ2n) is 7.69. The molecule has 0 radical (unpaired) electrons. The summed E-state index contributed by atoms with van der Waals surface area (Å²) in [6.07, 6.45) is 3.97. The predicted molar refractivity (Wildman–Crippen MR) is 114 cm³/mol. The van der Waals surface area contributed by atoms with Crippen molar-refractivity contribution >= 4 is 41.4 Å². The largest absolute Gasteiger partial charge is 0.480 e. The fourth-order valence-corrected chi connectivity index (χ4v) is 4.45. The molecule has 0 aliphatic carbocycles. The number of fused-ring (bicyclic) bond motifs is 1. The quantitative estimate of drug-likeness (QED) is 0.296. The summed E-state index contributed by atoms with van der Waals surface area (Å²) in [7, 11) is 0. The SMILES string of the molecule is CSCC[C@@H](C(=O)N[C@@H](C)C(=O)NCC(=O)NCC(=O)O)N1C(=O)[C@@H]2CCCN2C1C. The van der Waals surface area contributed by atoms with Crippen LogP contribution in [-0.4, -0.2) is 100 Å². The molecule has 0 aromatic carbocycles. The molecule has 4 atom stereocenters. The fraction of sp³-hybridized carbons (Fsp3) is 0.737. The number of thioether (sulfide) groups is 1. The van der Waals surface area contributed by atoms with Crippen molar-refractivity contribution in [1.82, 2.24) is 25.8 Å². The highest BCUT2D eigenvalue weighted by Crippen LogP contribution is 2.32. The fourth-order valence-electron chi connectivity index (χ4n) is 3.99. The second kappa shape index (κ2) is 11.3. The number of hydrogen-bond donors (Lipinski definition) is 4. The minimum absolute atomic E-state index is 0.0431. The number of carbonyl (C=O) groups excluding carboxylic acids is 4. The topological polar surface area (TPSA) is 148 Å². The summed E-state index contributed by atoms with van der Waals surface area (Å²) in [5.74, 6) is -2.19. The van der Waals surface area contributed by atoms with Crippen LogP contribution in [0.4, 0.5) is 0 Å². The zero-order chi connectivity index (χ0) is 23.1. The van der Waals surface area contributed by atoms with Crippen molar-refractivity contribution in [3.63, 3.8) is 0 Å². The van der Waals surface area contributed by atoms with Gasteiger partial charge >= 0.3 is 5.97 Å². The first-order valence-corrected chi connectivity index (χ1v) is 11.7. The molecule has 0 spiro atoms. The molecule has 0 aromatic rings. The summed E-state index contributed by atoms with van der Waals surface area (Å²) < 4.78 is 0. The molecule has 2 rings (SSSR count). The monoisotopic (exact) mass is 457 g/mol. The number of nitrogens with zero attached hydrogens (tertiary/aromatic N) is 2. The Bertz CT molecular complexity index is 720. The Balaban J connectivity index is 1.95. The summed E-state index contributed by atoms with van der Waals surface area (Å²) >= 11 is 1.58. The molecule has 0 saturated carbocycles. The lowest BCUT2D eigenvalue weighted by atomic mass is 10.1. The molecule has 2 aliphatic rings. The van der Waals surface area contributed by atoms with E-state index >= 15 is 0 Å². The highest BCUT2D eigenvalue weighted by molar-refractivity contribution is 7.98. The highest BCUT2D eigenvalue weighted by atomic mass is 32.2. The normalized spacial score (nSPS) is 22.5. The number of nitrogens with one attached hydrogen (secondary N) is 3. The van der Waals surface area contributed by atoms with Gasteiger partial charge in [-0.2, -0.15) is 11.8 Å². The molecule has 12 heteroatoms. The number of aliphatic carboxylic acids is 1. The molecule has 174 valence electrons. The van der Waals surface area contributed by atoms with Gasteiger partial charge in [0.15, 0.2) is 0 Å². The van der Waals surface area contributed by atoms with Crippen molar-refractivity contribution in [3.05, 3.63) is 0 Å². The minimum atomic E-state index is -1.19. The van der Waals surface area contributed by atoms with Gasteiger partial charge in [0.1, 0.15) is 18.6 Å². The minimum Gasteiger partial charge on any atom is -0.480 e. The number of amides is 4. The van der Waals surface area contributed by atoms with Gasteiger partial charge in [-0.1, -0.05) is 0 Å². The van der Waals surface area contributed by atoms with Gasteiger partial charge in [0.05, 0.1) is 18.8 Å². The van der Waals surface area contributed by atoms with Crippen LogP contribution >= 0.6 is 11.8 Å². The molecule has 1 unspecified atom stereocenters. The van der Waals surface area contributed by atoms with Crippen molar-refractivity contribution < 1.29 is 29.1 Å². The molecule has 2 fully saturated rings. The van der Waals surface area contributed by atoms with Crippen molar-refractivity contribution in [2.24, 2.45) is 0 Å². The standard InChI is InChI=1S/C19H31N5O6S/c1-11(17(28)21-9-15(25)20-10-16(26)27)22-18(29)13(6-8-31-3)24-12(2)23-7-4-5-14(23)19(24)30/h11-14H,4-10H2,1-3H3,(H,20,25)(H,21,28)(H,22,29)(H,26,27)/t11-,12?,13-,14-/m0/s1. The molecule has 2 aliphatic heterocycles. The first-order chi connectivity index (χ1) is 14.7. The lowest BCUT2D eigenvalue weighted by molar-refractivity contribution is -0.140. The Kier molecular flexibility index (Phi) is 9.11. The van der Waals surface area contributed by atoms with E-state index in [1.165, 1.54) is 6.92 Å². The van der Waals surface area contributed by atoms with Crippen molar-refractivity contribution in [1.29, 1.82) is 0 Å². The third-order valence-corrected chi connectivity index (χ3v) is 6.21. The third kappa shape index (κ3) is 6.33. The smallest absolute Gasteiger partial charge is 0.322 e. The molecule has 31 heavy (non-hydrogen) atoms. The van der Waals surface area contributed by atoms with E-state index in [2.05, 4.69) is 20.9 Å². The van der Waals surface area contributed by atoms with Crippen LogP contribution in [0, 0.1) is 0 Å². The maximum atomic E-state index is 13.0. The summed E-state index contributed by atoms with van der Waals surface area (Å²) in [6, 6.07) is -1.79.